The number of rotatable bonds is 3. The maximum atomic E-state index is 5.93. The van der Waals surface area contributed by atoms with Gasteiger partial charge in [-0.2, -0.15) is 0 Å². The number of nitrogens with one attached hydrogen (secondary N) is 1. The van der Waals surface area contributed by atoms with Crippen molar-refractivity contribution in [3.63, 3.8) is 0 Å². The molecule has 1 fully saturated rings. The van der Waals surface area contributed by atoms with E-state index < -0.39 is 0 Å². The molecule has 1 aliphatic heterocycles. The van der Waals surface area contributed by atoms with Crippen LogP contribution in [0.2, 0.25) is 0 Å². The third-order valence-corrected chi connectivity index (χ3v) is 4.41. The van der Waals surface area contributed by atoms with Gasteiger partial charge in [-0.15, -0.1) is 0 Å². The van der Waals surface area contributed by atoms with Gasteiger partial charge in [0.2, 0.25) is 0 Å². The maximum absolute atomic E-state index is 5.93. The van der Waals surface area contributed by atoms with Gasteiger partial charge in [-0.1, -0.05) is 31.2 Å². The van der Waals surface area contributed by atoms with Crippen LogP contribution in [-0.4, -0.2) is 12.2 Å². The van der Waals surface area contributed by atoms with Crippen LogP contribution < -0.4 is 11.3 Å². The van der Waals surface area contributed by atoms with E-state index in [1.54, 1.807) is 0 Å². The summed E-state index contributed by atoms with van der Waals surface area (Å²) >= 11 is 0. The lowest BCUT2D eigenvalue weighted by atomic mass is 9.80. The maximum Gasteiger partial charge on any atom is 0.0601 e. The van der Waals surface area contributed by atoms with Crippen molar-refractivity contribution in [1.82, 2.24) is 5.43 Å². The highest BCUT2D eigenvalue weighted by Crippen LogP contribution is 2.40. The first kappa shape index (κ1) is 13.5. The van der Waals surface area contributed by atoms with E-state index in [1.807, 2.05) is 0 Å². The average Bonchev–Trinajstić information content (AvgIpc) is 2.59. The summed E-state index contributed by atoms with van der Waals surface area (Å²) in [7, 11) is 0. The second kappa shape index (κ2) is 5.39. The molecule has 5 unspecified atom stereocenters. The van der Waals surface area contributed by atoms with Gasteiger partial charge in [0.15, 0.2) is 0 Å². The van der Waals surface area contributed by atoms with Crippen LogP contribution in [0, 0.1) is 18.8 Å². The van der Waals surface area contributed by atoms with Crippen molar-refractivity contribution >= 4 is 0 Å². The standard InChI is InChI=1S/C15H24N2O/c1-9-7-5-6-8-13(9)15(17-16)14-10(2)11(3)18-12(14)4/h5-8,10-12,14-15,17H,16H2,1-4H3. The van der Waals surface area contributed by atoms with Crippen LogP contribution in [0.4, 0.5) is 0 Å². The number of hydrazine groups is 1. The fraction of sp³-hybridized carbons (Fsp3) is 0.600. The monoisotopic (exact) mass is 248 g/mol. The molecule has 0 spiro atoms. The molecule has 0 radical (unpaired) electrons. The van der Waals surface area contributed by atoms with Crippen LogP contribution in [-0.2, 0) is 4.74 Å². The highest BCUT2D eigenvalue weighted by atomic mass is 16.5. The van der Waals surface area contributed by atoms with Gasteiger partial charge >= 0.3 is 0 Å². The zero-order chi connectivity index (χ0) is 13.3. The van der Waals surface area contributed by atoms with Crippen molar-refractivity contribution in [1.29, 1.82) is 0 Å². The Labute approximate surface area is 110 Å². The van der Waals surface area contributed by atoms with Gasteiger partial charge in [0.1, 0.15) is 0 Å². The number of hydrogen-bond acceptors (Lipinski definition) is 3. The van der Waals surface area contributed by atoms with Crippen molar-refractivity contribution < 1.29 is 4.74 Å². The molecule has 0 aliphatic carbocycles. The first-order valence-corrected chi connectivity index (χ1v) is 6.73. The molecule has 0 bridgehead atoms. The van der Waals surface area contributed by atoms with E-state index in [1.165, 1.54) is 11.1 Å². The van der Waals surface area contributed by atoms with Gasteiger partial charge in [0.05, 0.1) is 18.2 Å². The van der Waals surface area contributed by atoms with Crippen molar-refractivity contribution in [2.75, 3.05) is 0 Å². The Balaban J connectivity index is 2.32. The van der Waals surface area contributed by atoms with Crippen LogP contribution in [0.25, 0.3) is 0 Å². The number of nitrogens with two attached hydrogens (primary N) is 1. The minimum absolute atomic E-state index is 0.154. The summed E-state index contributed by atoms with van der Waals surface area (Å²) in [6.45, 7) is 8.68. The van der Waals surface area contributed by atoms with Gasteiger partial charge in [-0.25, -0.2) is 0 Å². The van der Waals surface area contributed by atoms with Crippen molar-refractivity contribution in [3.05, 3.63) is 35.4 Å². The molecule has 1 saturated heterocycles. The molecule has 3 heteroatoms. The minimum atomic E-state index is 0.154. The molecule has 1 aromatic carbocycles. The third-order valence-electron chi connectivity index (χ3n) is 4.41. The molecule has 0 saturated carbocycles. The van der Waals surface area contributed by atoms with E-state index in [4.69, 9.17) is 10.6 Å². The molecule has 1 aliphatic rings. The summed E-state index contributed by atoms with van der Waals surface area (Å²) < 4.78 is 5.93. The van der Waals surface area contributed by atoms with Crippen LogP contribution in [0.1, 0.15) is 37.9 Å². The van der Waals surface area contributed by atoms with E-state index in [9.17, 15) is 0 Å². The van der Waals surface area contributed by atoms with Crippen LogP contribution in [0.5, 0.6) is 0 Å². The van der Waals surface area contributed by atoms with E-state index in [-0.39, 0.29) is 12.1 Å². The lowest BCUT2D eigenvalue weighted by molar-refractivity contribution is 0.0475. The molecular weight excluding hydrogens is 224 g/mol. The Morgan fingerprint density at radius 2 is 1.83 bits per heavy atom. The Morgan fingerprint density at radius 3 is 2.33 bits per heavy atom. The van der Waals surface area contributed by atoms with Crippen LogP contribution >= 0.6 is 0 Å². The first-order chi connectivity index (χ1) is 8.56. The second-order valence-electron chi connectivity index (χ2n) is 5.48. The van der Waals surface area contributed by atoms with E-state index in [0.717, 1.165) is 0 Å². The highest BCUT2D eigenvalue weighted by molar-refractivity contribution is 5.29. The number of aryl methyl sites for hydroxylation is 1. The van der Waals surface area contributed by atoms with Crippen molar-refractivity contribution in [2.24, 2.45) is 17.7 Å². The lowest BCUT2D eigenvalue weighted by Gasteiger charge is -2.29. The van der Waals surface area contributed by atoms with Crippen LogP contribution in [0.3, 0.4) is 0 Å². The minimum Gasteiger partial charge on any atom is -0.375 e. The largest absolute Gasteiger partial charge is 0.375 e. The predicted molar refractivity (Wildman–Crippen MR) is 73.9 cm³/mol. The molecule has 1 aromatic rings. The second-order valence-corrected chi connectivity index (χ2v) is 5.48. The Hall–Kier alpha value is -0.900. The third kappa shape index (κ3) is 2.30. The molecule has 0 aromatic heterocycles. The molecule has 0 amide bonds. The molecule has 2 rings (SSSR count). The van der Waals surface area contributed by atoms with Gasteiger partial charge < -0.3 is 4.74 Å². The average molecular weight is 248 g/mol. The number of ether oxygens (including phenoxy) is 1. The summed E-state index contributed by atoms with van der Waals surface area (Å²) in [6, 6.07) is 8.58. The Bertz CT molecular complexity index is 407. The molecule has 3 nitrogen and oxygen atoms in total. The van der Waals surface area contributed by atoms with E-state index >= 15 is 0 Å². The van der Waals surface area contributed by atoms with Gasteiger partial charge in [-0.05, 0) is 37.8 Å². The van der Waals surface area contributed by atoms with Crippen LogP contribution in [0.15, 0.2) is 24.3 Å². The molecule has 3 N–H and O–H groups in total. The highest BCUT2D eigenvalue weighted by Gasteiger charge is 2.42. The zero-order valence-corrected chi connectivity index (χ0v) is 11.7. The quantitative estimate of drug-likeness (QED) is 0.638. The lowest BCUT2D eigenvalue weighted by Crippen LogP contribution is -2.39. The summed E-state index contributed by atoms with van der Waals surface area (Å²) in [5.41, 5.74) is 5.56. The van der Waals surface area contributed by atoms with Gasteiger partial charge in [0.25, 0.3) is 0 Å². The summed E-state index contributed by atoms with van der Waals surface area (Å²) in [6.07, 6.45) is 0.528. The predicted octanol–water partition coefficient (Wildman–Crippen LogP) is 2.56. The molecular formula is C15H24N2O. The fourth-order valence-corrected chi connectivity index (χ4v) is 3.21. The normalized spacial score (nSPS) is 33.6. The summed E-state index contributed by atoms with van der Waals surface area (Å²) in [5, 5.41) is 0. The smallest absolute Gasteiger partial charge is 0.0601 e. The molecule has 18 heavy (non-hydrogen) atoms. The van der Waals surface area contributed by atoms with E-state index in [2.05, 4.69) is 57.4 Å². The van der Waals surface area contributed by atoms with Crippen molar-refractivity contribution in [3.8, 4) is 0 Å². The Kier molecular flexibility index (Phi) is 4.05. The SMILES string of the molecule is Cc1ccccc1C(NN)C1C(C)OC(C)C1C. The fourth-order valence-electron chi connectivity index (χ4n) is 3.21. The number of benzene rings is 1. The molecule has 100 valence electrons. The molecule has 5 atom stereocenters. The van der Waals surface area contributed by atoms with Gasteiger partial charge in [-0.3, -0.25) is 11.3 Å². The van der Waals surface area contributed by atoms with Gasteiger partial charge in [0, 0.05) is 5.92 Å². The zero-order valence-electron chi connectivity index (χ0n) is 11.7. The summed E-state index contributed by atoms with van der Waals surface area (Å²) in [4.78, 5) is 0. The topological polar surface area (TPSA) is 47.3 Å². The molecule has 1 heterocycles. The number of hydrogen-bond donors (Lipinski definition) is 2. The Morgan fingerprint density at radius 1 is 1.17 bits per heavy atom. The van der Waals surface area contributed by atoms with E-state index in [0.29, 0.717) is 17.9 Å². The first-order valence-electron chi connectivity index (χ1n) is 6.73. The van der Waals surface area contributed by atoms with Crippen molar-refractivity contribution in [2.45, 2.75) is 45.9 Å². The summed E-state index contributed by atoms with van der Waals surface area (Å²) in [5.74, 6) is 6.73.